The van der Waals surface area contributed by atoms with E-state index >= 15 is 0 Å². The fourth-order valence-electron chi connectivity index (χ4n) is 8.35. The van der Waals surface area contributed by atoms with Crippen LogP contribution >= 0.6 is 0 Å². The molecule has 0 fully saturated rings. The number of nitrogens with zero attached hydrogens (tertiary/aromatic N) is 1. The minimum atomic E-state index is 1.09. The van der Waals surface area contributed by atoms with E-state index in [4.69, 9.17) is 0 Å². The Morgan fingerprint density at radius 1 is 0.186 bits per heavy atom. The molecule has 0 aliphatic rings. The summed E-state index contributed by atoms with van der Waals surface area (Å²) in [6.07, 6.45) is 0. The highest BCUT2D eigenvalue weighted by atomic mass is 15.1. The topological polar surface area (TPSA) is 3.24 Å². The fraction of sp³-hybridized carbons (Fsp3) is 0. The number of fused-ring (bicyclic) bond motifs is 1. The van der Waals surface area contributed by atoms with Gasteiger partial charge in [-0.1, -0.05) is 212 Å². The van der Waals surface area contributed by atoms with Crippen molar-refractivity contribution < 1.29 is 0 Å². The van der Waals surface area contributed by atoms with Gasteiger partial charge < -0.3 is 4.90 Å². The van der Waals surface area contributed by atoms with Gasteiger partial charge in [0.2, 0.25) is 0 Å². The van der Waals surface area contributed by atoms with Gasteiger partial charge in [-0.25, -0.2) is 0 Å². The standard InChI is InChI=1S/C58H41N/c1-3-14-42(15-4-1)43-26-28-44(29-27-43)45-30-36-50(37-31-45)59(51-38-32-48(33-39-51)54-21-10-9-20-53(54)46-16-5-2-6-17-46)52-40-34-49(35-41-52)56-23-11-12-24-57(56)58-25-13-19-47-18-7-8-22-55(47)58/h1-41H. The predicted molar refractivity (Wildman–Crippen MR) is 251 cm³/mol. The summed E-state index contributed by atoms with van der Waals surface area (Å²) in [5, 5.41) is 2.51. The van der Waals surface area contributed by atoms with Crippen molar-refractivity contribution in [3.8, 4) is 66.8 Å². The summed E-state index contributed by atoms with van der Waals surface area (Å²) in [7, 11) is 0. The third-order valence-corrected chi connectivity index (χ3v) is 11.3. The molecule has 0 unspecified atom stereocenters. The molecule has 0 aliphatic carbocycles. The molecule has 0 amide bonds. The molecule has 0 bridgehead atoms. The molecular weight excluding hydrogens is 711 g/mol. The zero-order chi connectivity index (χ0) is 39.4. The Morgan fingerprint density at radius 3 is 1.00 bits per heavy atom. The summed E-state index contributed by atoms with van der Waals surface area (Å²) in [5.74, 6) is 0. The van der Waals surface area contributed by atoms with Crippen molar-refractivity contribution in [2.75, 3.05) is 4.90 Å². The average Bonchev–Trinajstić information content (AvgIpc) is 3.33. The van der Waals surface area contributed by atoms with E-state index in [0.717, 1.165) is 17.1 Å². The van der Waals surface area contributed by atoms with Crippen LogP contribution in [-0.2, 0) is 0 Å². The Kier molecular flexibility index (Phi) is 9.68. The minimum Gasteiger partial charge on any atom is -0.311 e. The minimum absolute atomic E-state index is 1.09. The lowest BCUT2D eigenvalue weighted by molar-refractivity contribution is 1.28. The summed E-state index contributed by atoms with van der Waals surface area (Å²) in [5.41, 5.74) is 17.8. The monoisotopic (exact) mass is 751 g/mol. The molecule has 0 atom stereocenters. The normalized spacial score (nSPS) is 11.1. The van der Waals surface area contributed by atoms with Crippen LogP contribution in [0.3, 0.4) is 0 Å². The summed E-state index contributed by atoms with van der Waals surface area (Å²) in [6.45, 7) is 0. The molecule has 0 spiro atoms. The fourth-order valence-corrected chi connectivity index (χ4v) is 8.35. The zero-order valence-corrected chi connectivity index (χ0v) is 32.6. The molecule has 10 aromatic rings. The maximum absolute atomic E-state index is 2.36. The highest BCUT2D eigenvalue weighted by Gasteiger charge is 2.16. The largest absolute Gasteiger partial charge is 0.311 e. The van der Waals surface area contributed by atoms with Crippen molar-refractivity contribution in [3.63, 3.8) is 0 Å². The molecule has 0 aliphatic heterocycles. The van der Waals surface area contributed by atoms with E-state index in [1.165, 1.54) is 77.5 Å². The van der Waals surface area contributed by atoms with E-state index in [2.05, 4.69) is 254 Å². The van der Waals surface area contributed by atoms with Crippen molar-refractivity contribution in [1.29, 1.82) is 0 Å². The molecule has 10 aromatic carbocycles. The van der Waals surface area contributed by atoms with Gasteiger partial charge in [-0.2, -0.15) is 0 Å². The van der Waals surface area contributed by atoms with Crippen molar-refractivity contribution in [2.24, 2.45) is 0 Å². The lowest BCUT2D eigenvalue weighted by Crippen LogP contribution is -2.09. The van der Waals surface area contributed by atoms with Gasteiger partial charge in [0.1, 0.15) is 0 Å². The van der Waals surface area contributed by atoms with Crippen molar-refractivity contribution in [3.05, 3.63) is 249 Å². The second kappa shape index (κ2) is 16.0. The van der Waals surface area contributed by atoms with Crippen LogP contribution < -0.4 is 4.90 Å². The van der Waals surface area contributed by atoms with Crippen LogP contribution in [-0.4, -0.2) is 0 Å². The van der Waals surface area contributed by atoms with Gasteiger partial charge in [0.15, 0.2) is 0 Å². The summed E-state index contributed by atoms with van der Waals surface area (Å²) >= 11 is 0. The van der Waals surface area contributed by atoms with Gasteiger partial charge in [0.05, 0.1) is 0 Å². The lowest BCUT2D eigenvalue weighted by atomic mass is 9.91. The van der Waals surface area contributed by atoms with Crippen molar-refractivity contribution >= 4 is 27.8 Å². The lowest BCUT2D eigenvalue weighted by Gasteiger charge is -2.26. The summed E-state index contributed by atoms with van der Waals surface area (Å²) in [4.78, 5) is 2.36. The molecule has 0 saturated heterocycles. The SMILES string of the molecule is c1ccc(-c2ccc(-c3ccc(N(c4ccc(-c5ccccc5-c5ccccc5)cc4)c4ccc(-c5ccccc5-c5cccc6ccccc56)cc4)cc3)cc2)cc1. The predicted octanol–water partition coefficient (Wildman–Crippen LogP) is 16.3. The van der Waals surface area contributed by atoms with Gasteiger partial charge >= 0.3 is 0 Å². The molecule has 1 nitrogen and oxygen atoms in total. The molecule has 0 radical (unpaired) electrons. The Bertz CT molecular complexity index is 2980. The second-order valence-corrected chi connectivity index (χ2v) is 14.9. The van der Waals surface area contributed by atoms with E-state index in [9.17, 15) is 0 Å². The van der Waals surface area contributed by atoms with Crippen LogP contribution in [0.15, 0.2) is 249 Å². The molecule has 59 heavy (non-hydrogen) atoms. The van der Waals surface area contributed by atoms with E-state index in [0.29, 0.717) is 0 Å². The van der Waals surface area contributed by atoms with Gasteiger partial charge in [-0.05, 0) is 114 Å². The van der Waals surface area contributed by atoms with Crippen LogP contribution in [0.2, 0.25) is 0 Å². The van der Waals surface area contributed by atoms with E-state index in [1.807, 2.05) is 0 Å². The van der Waals surface area contributed by atoms with Crippen LogP contribution in [0, 0.1) is 0 Å². The number of anilines is 3. The number of benzene rings is 10. The zero-order valence-electron chi connectivity index (χ0n) is 32.6. The van der Waals surface area contributed by atoms with Crippen LogP contribution in [0.5, 0.6) is 0 Å². The first-order valence-electron chi connectivity index (χ1n) is 20.3. The summed E-state index contributed by atoms with van der Waals surface area (Å²) in [6, 6.07) is 89.7. The molecule has 278 valence electrons. The molecule has 1 heteroatoms. The average molecular weight is 752 g/mol. The molecular formula is C58H41N. The summed E-state index contributed by atoms with van der Waals surface area (Å²) < 4.78 is 0. The van der Waals surface area contributed by atoms with Crippen LogP contribution in [0.25, 0.3) is 77.5 Å². The first kappa shape index (κ1) is 35.7. The van der Waals surface area contributed by atoms with E-state index in [1.54, 1.807) is 0 Å². The van der Waals surface area contributed by atoms with Gasteiger partial charge in [0, 0.05) is 17.1 Å². The van der Waals surface area contributed by atoms with Crippen molar-refractivity contribution in [2.45, 2.75) is 0 Å². The first-order chi connectivity index (χ1) is 29.3. The van der Waals surface area contributed by atoms with Crippen LogP contribution in [0.1, 0.15) is 0 Å². The van der Waals surface area contributed by atoms with E-state index < -0.39 is 0 Å². The number of hydrogen-bond donors (Lipinski definition) is 0. The maximum Gasteiger partial charge on any atom is 0.0462 e. The Morgan fingerprint density at radius 2 is 0.492 bits per heavy atom. The van der Waals surface area contributed by atoms with Gasteiger partial charge in [-0.15, -0.1) is 0 Å². The molecule has 0 saturated carbocycles. The van der Waals surface area contributed by atoms with Gasteiger partial charge in [-0.3, -0.25) is 0 Å². The number of hydrogen-bond acceptors (Lipinski definition) is 1. The smallest absolute Gasteiger partial charge is 0.0462 e. The Labute approximate surface area is 346 Å². The third kappa shape index (κ3) is 7.23. The molecule has 0 N–H and O–H groups in total. The van der Waals surface area contributed by atoms with E-state index in [-0.39, 0.29) is 0 Å². The van der Waals surface area contributed by atoms with Crippen LogP contribution in [0.4, 0.5) is 17.1 Å². The highest BCUT2D eigenvalue weighted by molar-refractivity contribution is 6.00. The first-order valence-corrected chi connectivity index (χ1v) is 20.3. The molecule has 10 rings (SSSR count). The molecule has 0 heterocycles. The second-order valence-electron chi connectivity index (χ2n) is 14.9. The Hall–Kier alpha value is -7.74. The van der Waals surface area contributed by atoms with Gasteiger partial charge in [0.25, 0.3) is 0 Å². The molecule has 0 aromatic heterocycles. The number of rotatable bonds is 9. The third-order valence-electron chi connectivity index (χ3n) is 11.3. The maximum atomic E-state index is 2.36. The quantitative estimate of drug-likeness (QED) is 0.142. The highest BCUT2D eigenvalue weighted by Crippen LogP contribution is 2.41. The Balaban J connectivity index is 1.02. The van der Waals surface area contributed by atoms with Crippen molar-refractivity contribution in [1.82, 2.24) is 0 Å².